The molecule has 74 valence electrons. The predicted octanol–water partition coefficient (Wildman–Crippen LogP) is 2.39. The largest absolute Gasteiger partial charge is 0.336 e. The minimum atomic E-state index is 0.762. The van der Waals surface area contributed by atoms with E-state index in [9.17, 15) is 0 Å². The molecule has 0 aliphatic heterocycles. The normalized spacial score (nSPS) is 11.0. The van der Waals surface area contributed by atoms with Gasteiger partial charge >= 0.3 is 0 Å². The van der Waals surface area contributed by atoms with Gasteiger partial charge in [-0.1, -0.05) is 0 Å². The van der Waals surface area contributed by atoms with Crippen LogP contribution in [0.4, 0.5) is 0 Å². The number of fused-ring (bicyclic) bond motifs is 1. The van der Waals surface area contributed by atoms with Crippen LogP contribution in [0.1, 0.15) is 5.69 Å². The van der Waals surface area contributed by atoms with Crippen LogP contribution in [0.25, 0.3) is 21.9 Å². The summed E-state index contributed by atoms with van der Waals surface area (Å²) < 4.78 is 0. The molecule has 0 radical (unpaired) electrons. The van der Waals surface area contributed by atoms with Crippen molar-refractivity contribution in [3.8, 4) is 10.7 Å². The van der Waals surface area contributed by atoms with Crippen LogP contribution >= 0.6 is 11.3 Å². The van der Waals surface area contributed by atoms with Crippen molar-refractivity contribution in [1.82, 2.24) is 19.9 Å². The van der Waals surface area contributed by atoms with Crippen molar-refractivity contribution in [2.45, 2.75) is 6.92 Å². The van der Waals surface area contributed by atoms with Crippen molar-refractivity contribution in [1.29, 1.82) is 0 Å². The Kier molecular flexibility index (Phi) is 1.78. The maximum absolute atomic E-state index is 4.42. The minimum Gasteiger partial charge on any atom is -0.336 e. The standard InChI is InChI=1S/C10H8N4S/c1-6-2-3-7-9(12-6)14-10(13-7)8-4-11-5-15-8/h2-5H,1H3,(H,12,13,14). The van der Waals surface area contributed by atoms with E-state index in [1.807, 2.05) is 19.1 Å². The SMILES string of the molecule is Cc1ccc2[nH]c(-c3cncs3)nc2n1. The summed E-state index contributed by atoms with van der Waals surface area (Å²) in [6.45, 7) is 1.96. The van der Waals surface area contributed by atoms with E-state index in [0.29, 0.717) is 0 Å². The summed E-state index contributed by atoms with van der Waals surface area (Å²) in [5, 5.41) is 0. The van der Waals surface area contributed by atoms with E-state index in [0.717, 1.165) is 27.6 Å². The molecule has 0 atom stereocenters. The molecule has 0 saturated carbocycles. The monoisotopic (exact) mass is 216 g/mol. The number of aryl methyl sites for hydroxylation is 1. The van der Waals surface area contributed by atoms with Crippen molar-refractivity contribution in [3.63, 3.8) is 0 Å². The van der Waals surface area contributed by atoms with Gasteiger partial charge in [0.1, 0.15) is 0 Å². The topological polar surface area (TPSA) is 54.5 Å². The lowest BCUT2D eigenvalue weighted by Gasteiger charge is -1.88. The Labute approximate surface area is 90.0 Å². The Morgan fingerprint density at radius 3 is 3.00 bits per heavy atom. The Morgan fingerprint density at radius 2 is 2.20 bits per heavy atom. The number of aromatic amines is 1. The molecule has 3 rings (SSSR count). The number of imidazole rings is 1. The molecule has 0 aliphatic rings. The molecule has 1 N–H and O–H groups in total. The summed E-state index contributed by atoms with van der Waals surface area (Å²) in [5.74, 6) is 0.839. The second-order valence-corrected chi connectivity index (χ2v) is 4.16. The van der Waals surface area contributed by atoms with Crippen LogP contribution in [0.2, 0.25) is 0 Å². The highest BCUT2D eigenvalue weighted by Crippen LogP contribution is 2.22. The molecular formula is C10H8N4S. The van der Waals surface area contributed by atoms with Crippen LogP contribution in [-0.2, 0) is 0 Å². The van der Waals surface area contributed by atoms with Crippen molar-refractivity contribution in [2.24, 2.45) is 0 Å². The third kappa shape index (κ3) is 1.41. The molecule has 0 unspecified atom stereocenters. The van der Waals surface area contributed by atoms with Crippen LogP contribution in [0, 0.1) is 6.92 Å². The predicted molar refractivity (Wildman–Crippen MR) is 59.7 cm³/mol. The second-order valence-electron chi connectivity index (χ2n) is 3.27. The summed E-state index contributed by atoms with van der Waals surface area (Å²) in [6.07, 6.45) is 1.80. The van der Waals surface area contributed by atoms with E-state index in [2.05, 4.69) is 19.9 Å². The molecule has 0 saturated heterocycles. The minimum absolute atomic E-state index is 0.762. The average molecular weight is 216 g/mol. The number of hydrogen-bond acceptors (Lipinski definition) is 4. The zero-order chi connectivity index (χ0) is 10.3. The number of H-pyrrole nitrogens is 1. The lowest BCUT2D eigenvalue weighted by Crippen LogP contribution is -1.80. The average Bonchev–Trinajstić information content (AvgIpc) is 2.84. The molecular weight excluding hydrogens is 208 g/mol. The highest BCUT2D eigenvalue weighted by molar-refractivity contribution is 7.13. The highest BCUT2D eigenvalue weighted by atomic mass is 32.1. The first-order valence-electron chi connectivity index (χ1n) is 4.55. The third-order valence-corrected chi connectivity index (χ3v) is 2.93. The van der Waals surface area contributed by atoms with Crippen molar-refractivity contribution in [3.05, 3.63) is 29.5 Å². The third-order valence-electron chi connectivity index (χ3n) is 2.15. The van der Waals surface area contributed by atoms with E-state index in [-0.39, 0.29) is 0 Å². The molecule has 0 aromatic carbocycles. The molecule has 0 aliphatic carbocycles. The van der Waals surface area contributed by atoms with E-state index in [4.69, 9.17) is 0 Å². The maximum Gasteiger partial charge on any atom is 0.178 e. The molecule has 5 heteroatoms. The number of nitrogens with one attached hydrogen (secondary N) is 1. The fourth-order valence-corrected chi connectivity index (χ4v) is 2.00. The smallest absolute Gasteiger partial charge is 0.178 e. The lowest BCUT2D eigenvalue weighted by molar-refractivity contribution is 1.22. The first-order chi connectivity index (χ1) is 7.33. The van der Waals surface area contributed by atoms with E-state index < -0.39 is 0 Å². The van der Waals surface area contributed by atoms with Crippen LogP contribution < -0.4 is 0 Å². The second kappa shape index (κ2) is 3.13. The van der Waals surface area contributed by atoms with Crippen LogP contribution in [0.15, 0.2) is 23.8 Å². The Bertz CT molecular complexity index is 597. The summed E-state index contributed by atoms with van der Waals surface area (Å²) >= 11 is 1.56. The van der Waals surface area contributed by atoms with Crippen LogP contribution in [-0.4, -0.2) is 19.9 Å². The first-order valence-corrected chi connectivity index (χ1v) is 5.43. The number of rotatable bonds is 1. The number of hydrogen-bond donors (Lipinski definition) is 1. The Balaban J connectivity index is 2.22. The van der Waals surface area contributed by atoms with Crippen molar-refractivity contribution in [2.75, 3.05) is 0 Å². The van der Waals surface area contributed by atoms with Gasteiger partial charge in [0.25, 0.3) is 0 Å². The summed E-state index contributed by atoms with van der Waals surface area (Å²) in [4.78, 5) is 17.0. The van der Waals surface area contributed by atoms with Gasteiger partial charge in [-0.25, -0.2) is 9.97 Å². The van der Waals surface area contributed by atoms with E-state index in [1.54, 1.807) is 23.0 Å². The molecule has 0 amide bonds. The molecule has 3 heterocycles. The number of thiazole rings is 1. The molecule has 4 nitrogen and oxygen atoms in total. The molecule has 0 spiro atoms. The quantitative estimate of drug-likeness (QED) is 0.679. The van der Waals surface area contributed by atoms with Crippen LogP contribution in [0.3, 0.4) is 0 Å². The molecule has 3 aromatic rings. The van der Waals surface area contributed by atoms with Crippen molar-refractivity contribution >= 4 is 22.5 Å². The summed E-state index contributed by atoms with van der Waals surface area (Å²) in [5.41, 5.74) is 4.49. The van der Waals surface area contributed by atoms with Gasteiger partial charge in [-0.3, -0.25) is 4.98 Å². The zero-order valence-electron chi connectivity index (χ0n) is 8.06. The zero-order valence-corrected chi connectivity index (χ0v) is 8.88. The molecule has 0 fully saturated rings. The van der Waals surface area contributed by atoms with Gasteiger partial charge in [0, 0.05) is 11.9 Å². The summed E-state index contributed by atoms with van der Waals surface area (Å²) in [7, 11) is 0. The van der Waals surface area contributed by atoms with E-state index >= 15 is 0 Å². The first kappa shape index (κ1) is 8.55. The van der Waals surface area contributed by atoms with Gasteiger partial charge in [0.2, 0.25) is 0 Å². The molecule has 0 bridgehead atoms. The number of aromatic nitrogens is 4. The van der Waals surface area contributed by atoms with Gasteiger partial charge in [0.15, 0.2) is 11.5 Å². The highest BCUT2D eigenvalue weighted by Gasteiger charge is 2.06. The maximum atomic E-state index is 4.42. The molecule has 15 heavy (non-hydrogen) atoms. The van der Waals surface area contributed by atoms with Gasteiger partial charge in [0.05, 0.1) is 15.9 Å². The van der Waals surface area contributed by atoms with Crippen LogP contribution in [0.5, 0.6) is 0 Å². The fraction of sp³-hybridized carbons (Fsp3) is 0.100. The van der Waals surface area contributed by atoms with Gasteiger partial charge < -0.3 is 4.98 Å². The van der Waals surface area contributed by atoms with Gasteiger partial charge in [-0.2, -0.15) is 0 Å². The fourth-order valence-electron chi connectivity index (χ4n) is 1.44. The Morgan fingerprint density at radius 1 is 1.27 bits per heavy atom. The van der Waals surface area contributed by atoms with Crippen molar-refractivity contribution < 1.29 is 0 Å². The Hall–Kier alpha value is -1.75. The molecule has 3 aromatic heterocycles. The number of nitrogens with zero attached hydrogens (tertiary/aromatic N) is 3. The van der Waals surface area contributed by atoms with Gasteiger partial charge in [-0.15, -0.1) is 11.3 Å². The lowest BCUT2D eigenvalue weighted by atomic mass is 10.4. The van der Waals surface area contributed by atoms with E-state index in [1.165, 1.54) is 0 Å². The number of pyridine rings is 1. The summed E-state index contributed by atoms with van der Waals surface area (Å²) in [6, 6.07) is 3.96. The van der Waals surface area contributed by atoms with Gasteiger partial charge in [-0.05, 0) is 19.1 Å².